The minimum atomic E-state index is -3.08. The Labute approximate surface area is 257 Å². The highest BCUT2D eigenvalue weighted by Crippen LogP contribution is 2.45. The predicted molar refractivity (Wildman–Crippen MR) is 164 cm³/mol. The van der Waals surface area contributed by atoms with E-state index in [1.807, 2.05) is 24.3 Å². The molecule has 3 heterocycles. The summed E-state index contributed by atoms with van der Waals surface area (Å²) in [4.78, 5) is 20.9. The first-order valence-electron chi connectivity index (χ1n) is 15.4. The lowest BCUT2D eigenvalue weighted by molar-refractivity contribution is -0.127. The van der Waals surface area contributed by atoms with Gasteiger partial charge in [0.25, 0.3) is 0 Å². The van der Waals surface area contributed by atoms with Crippen molar-refractivity contribution in [1.29, 1.82) is 5.26 Å². The van der Waals surface area contributed by atoms with Gasteiger partial charge < -0.3 is 19.4 Å². The van der Waals surface area contributed by atoms with Crippen LogP contribution in [0.3, 0.4) is 0 Å². The van der Waals surface area contributed by atoms with Gasteiger partial charge >= 0.3 is 0 Å². The van der Waals surface area contributed by atoms with Crippen molar-refractivity contribution in [3.63, 3.8) is 0 Å². The topological polar surface area (TPSA) is 126 Å². The van der Waals surface area contributed by atoms with E-state index in [0.717, 1.165) is 36.9 Å². The van der Waals surface area contributed by atoms with Crippen molar-refractivity contribution in [2.75, 3.05) is 42.7 Å². The maximum atomic E-state index is 13.9. The van der Waals surface area contributed by atoms with Crippen molar-refractivity contribution < 1.29 is 26.8 Å². The average Bonchev–Trinajstić information content (AvgIpc) is 3.49. The molecule has 2 aromatic carbocycles. The zero-order valence-corrected chi connectivity index (χ0v) is 25.4. The number of benzene rings is 2. The number of nitrogens with one attached hydrogen (secondary N) is 1. The maximum absolute atomic E-state index is 13.9. The Morgan fingerprint density at radius 2 is 1.73 bits per heavy atom. The van der Waals surface area contributed by atoms with Gasteiger partial charge in [-0.05, 0) is 61.9 Å². The summed E-state index contributed by atoms with van der Waals surface area (Å²) in [6, 6.07) is 15.4. The molecule has 1 aromatic heterocycles. The molecular formula is C33H37FN4O5S. The van der Waals surface area contributed by atoms with E-state index in [2.05, 4.69) is 16.3 Å². The molecule has 232 valence electrons. The normalized spacial score (nSPS) is 23.0. The zero-order chi connectivity index (χ0) is 30.7. The van der Waals surface area contributed by atoms with Crippen LogP contribution >= 0.6 is 0 Å². The molecule has 3 aliphatic rings. The molecule has 0 spiro atoms. The molecule has 3 fully saturated rings. The van der Waals surface area contributed by atoms with Crippen LogP contribution < -0.4 is 10.2 Å². The van der Waals surface area contributed by atoms with Crippen molar-refractivity contribution in [1.82, 2.24) is 10.3 Å². The van der Waals surface area contributed by atoms with Crippen LogP contribution in [0, 0.1) is 29.0 Å². The molecule has 3 aromatic rings. The van der Waals surface area contributed by atoms with Crippen LogP contribution in [0.4, 0.5) is 10.1 Å². The number of oxazole rings is 1. The molecule has 3 atom stereocenters. The molecule has 9 nitrogen and oxygen atoms in total. The Bertz CT molecular complexity index is 1610. The van der Waals surface area contributed by atoms with E-state index >= 15 is 0 Å². The van der Waals surface area contributed by atoms with Crippen LogP contribution in [-0.2, 0) is 19.4 Å². The van der Waals surface area contributed by atoms with E-state index in [1.54, 1.807) is 12.1 Å². The number of sulfone groups is 1. The second-order valence-electron chi connectivity index (χ2n) is 12.0. The first-order valence-corrected chi connectivity index (χ1v) is 17.2. The summed E-state index contributed by atoms with van der Waals surface area (Å²) in [6.07, 6.45) is 4.62. The molecule has 0 bridgehead atoms. The van der Waals surface area contributed by atoms with Gasteiger partial charge in [0.2, 0.25) is 11.8 Å². The predicted octanol–water partition coefficient (Wildman–Crippen LogP) is 5.09. The Morgan fingerprint density at radius 1 is 1.02 bits per heavy atom. The van der Waals surface area contributed by atoms with Crippen LogP contribution in [0.15, 0.2) is 52.9 Å². The molecule has 2 aliphatic heterocycles. The maximum Gasteiger partial charge on any atom is 0.226 e. The van der Waals surface area contributed by atoms with Gasteiger partial charge in [-0.2, -0.15) is 5.26 Å². The highest BCUT2D eigenvalue weighted by Gasteiger charge is 2.39. The third-order valence-corrected chi connectivity index (χ3v) is 10.8. The number of carbonyl (C=O) groups excluding carboxylic acids is 1. The summed E-state index contributed by atoms with van der Waals surface area (Å²) >= 11 is 0. The highest BCUT2D eigenvalue weighted by molar-refractivity contribution is 7.91. The van der Waals surface area contributed by atoms with Crippen molar-refractivity contribution >= 4 is 21.4 Å². The summed E-state index contributed by atoms with van der Waals surface area (Å²) in [7, 11) is -3.08. The Morgan fingerprint density at radius 3 is 2.45 bits per heavy atom. The number of amides is 1. The van der Waals surface area contributed by atoms with Gasteiger partial charge in [-0.3, -0.25) is 4.79 Å². The number of aromatic nitrogens is 1. The molecular weight excluding hydrogens is 583 g/mol. The smallest absolute Gasteiger partial charge is 0.226 e. The number of halogens is 1. The minimum Gasteiger partial charge on any atom is -0.440 e. The largest absolute Gasteiger partial charge is 0.440 e. The number of nitriles is 1. The summed E-state index contributed by atoms with van der Waals surface area (Å²) < 4.78 is 50.1. The van der Waals surface area contributed by atoms with Gasteiger partial charge in [-0.25, -0.2) is 17.8 Å². The number of hydrogen-bond donors (Lipinski definition) is 1. The zero-order valence-electron chi connectivity index (χ0n) is 24.6. The van der Waals surface area contributed by atoms with Crippen molar-refractivity contribution in [2.24, 2.45) is 11.8 Å². The lowest BCUT2D eigenvalue weighted by atomic mass is 9.76. The minimum absolute atomic E-state index is 0.0471. The fraction of sp³-hybridized carbons (Fsp3) is 0.485. The SMILES string of the molecule is N#C[C@@H](NC(=O)[C@@H]1CCCC[C@H]1c1oc(-c2ccc(F)cc2)nc1-c1ccccc1N1CCS(=O)(=O)CC1)C1CCOCC1. The molecule has 2 saturated heterocycles. The lowest BCUT2D eigenvalue weighted by Crippen LogP contribution is -2.45. The molecule has 6 rings (SSSR count). The third-order valence-electron chi connectivity index (χ3n) is 9.20. The Balaban J connectivity index is 1.38. The van der Waals surface area contributed by atoms with E-state index in [4.69, 9.17) is 14.1 Å². The number of rotatable bonds is 7. The monoisotopic (exact) mass is 620 g/mol. The van der Waals surface area contributed by atoms with Crippen molar-refractivity contribution in [2.45, 2.75) is 50.5 Å². The number of anilines is 1. The lowest BCUT2D eigenvalue weighted by Gasteiger charge is -2.33. The fourth-order valence-electron chi connectivity index (χ4n) is 6.72. The second kappa shape index (κ2) is 13.1. The number of ether oxygens (including phenoxy) is 1. The molecule has 11 heteroatoms. The van der Waals surface area contributed by atoms with Crippen molar-refractivity contribution in [3.05, 3.63) is 60.1 Å². The van der Waals surface area contributed by atoms with Gasteiger partial charge in [-0.1, -0.05) is 31.0 Å². The Hall–Kier alpha value is -3.75. The second-order valence-corrected chi connectivity index (χ2v) is 14.3. The standard InChI is InChI=1S/C33H37FN4O5S/c34-24-11-9-23(10-12-24)33-37-30(27-7-3-4-8-29(27)38-15-19-44(40,41)20-16-38)31(43-33)25-5-1-2-6-26(25)32(39)36-28(21-35)22-13-17-42-18-14-22/h3-4,7-12,22,25-26,28H,1-2,5-6,13-20H2,(H,36,39)/t25-,26-,28-/m1/s1. The molecule has 1 amide bonds. The number of carbonyl (C=O) groups is 1. The van der Waals surface area contributed by atoms with E-state index in [-0.39, 0.29) is 35.1 Å². The van der Waals surface area contributed by atoms with E-state index in [9.17, 15) is 22.9 Å². The molecule has 1 aliphatic carbocycles. The molecule has 44 heavy (non-hydrogen) atoms. The Kier molecular flexibility index (Phi) is 9.01. The van der Waals surface area contributed by atoms with Crippen LogP contribution in [0.1, 0.15) is 50.2 Å². The van der Waals surface area contributed by atoms with Crippen LogP contribution in [0.2, 0.25) is 0 Å². The van der Waals surface area contributed by atoms with Gasteiger partial charge in [-0.15, -0.1) is 0 Å². The number of para-hydroxylation sites is 1. The number of nitrogens with zero attached hydrogens (tertiary/aromatic N) is 3. The quantitative estimate of drug-likeness (QED) is 0.387. The van der Waals surface area contributed by atoms with Crippen LogP contribution in [0.25, 0.3) is 22.7 Å². The average molecular weight is 621 g/mol. The van der Waals surface area contributed by atoms with E-state index in [0.29, 0.717) is 62.1 Å². The third kappa shape index (κ3) is 6.52. The molecule has 0 radical (unpaired) electrons. The molecule has 1 saturated carbocycles. The summed E-state index contributed by atoms with van der Waals surface area (Å²) in [5, 5.41) is 13.0. The molecule has 1 N–H and O–H groups in total. The molecule has 0 unspecified atom stereocenters. The summed E-state index contributed by atoms with van der Waals surface area (Å²) in [5.74, 6) is -0.124. The van der Waals surface area contributed by atoms with E-state index in [1.165, 1.54) is 12.1 Å². The number of hydrogen-bond acceptors (Lipinski definition) is 8. The van der Waals surface area contributed by atoms with E-state index < -0.39 is 21.8 Å². The van der Waals surface area contributed by atoms with Gasteiger partial charge in [0.1, 0.15) is 23.3 Å². The van der Waals surface area contributed by atoms with Gasteiger partial charge in [0.15, 0.2) is 9.84 Å². The fourth-order valence-corrected chi connectivity index (χ4v) is 7.92. The highest BCUT2D eigenvalue weighted by atomic mass is 32.2. The van der Waals surface area contributed by atoms with Crippen LogP contribution in [0.5, 0.6) is 0 Å². The van der Waals surface area contributed by atoms with Crippen LogP contribution in [-0.4, -0.2) is 63.2 Å². The van der Waals surface area contributed by atoms with Gasteiger partial charge in [0.05, 0.1) is 17.6 Å². The first-order chi connectivity index (χ1) is 21.3. The summed E-state index contributed by atoms with van der Waals surface area (Å²) in [6.45, 7) is 1.91. The summed E-state index contributed by atoms with van der Waals surface area (Å²) in [5.41, 5.74) is 2.85. The van der Waals surface area contributed by atoms with Crippen molar-refractivity contribution in [3.8, 4) is 28.8 Å². The first kappa shape index (κ1) is 30.3. The van der Waals surface area contributed by atoms with Gasteiger partial charge in [0, 0.05) is 55.0 Å².